The van der Waals surface area contributed by atoms with Gasteiger partial charge in [0.15, 0.2) is 5.65 Å². The van der Waals surface area contributed by atoms with E-state index >= 15 is 0 Å². The number of aryl methyl sites for hydroxylation is 3. The fourth-order valence-electron chi connectivity index (χ4n) is 4.41. The molecule has 0 aliphatic rings. The molecule has 214 valence electrons. The number of hydrogen-bond donors (Lipinski definition) is 2. The van der Waals surface area contributed by atoms with Gasteiger partial charge in [0.2, 0.25) is 0 Å². The number of fused-ring (bicyclic) bond motifs is 1. The number of amides is 1. The van der Waals surface area contributed by atoms with Crippen LogP contribution in [0.25, 0.3) is 16.9 Å². The maximum Gasteiger partial charge on any atom is 0.253 e. The Labute approximate surface area is 236 Å². The Kier molecular flexibility index (Phi) is 11.2. The Morgan fingerprint density at radius 2 is 1.82 bits per heavy atom. The van der Waals surface area contributed by atoms with E-state index in [4.69, 9.17) is 5.11 Å². The van der Waals surface area contributed by atoms with E-state index in [9.17, 15) is 9.18 Å². The van der Waals surface area contributed by atoms with Gasteiger partial charge in [-0.05, 0) is 56.1 Å². The Bertz CT molecular complexity index is 1420. The molecule has 0 saturated heterocycles. The van der Waals surface area contributed by atoms with Crippen LogP contribution in [-0.2, 0) is 12.8 Å². The quantitative estimate of drug-likeness (QED) is 0.299. The van der Waals surface area contributed by atoms with Crippen LogP contribution in [0.3, 0.4) is 0 Å². The smallest absolute Gasteiger partial charge is 0.253 e. The summed E-state index contributed by atoms with van der Waals surface area (Å²) in [6, 6.07) is 11.1. The molecular weight excluding hydrogens is 507 g/mol. The summed E-state index contributed by atoms with van der Waals surface area (Å²) in [7, 11) is 5.46. The highest BCUT2D eigenvalue weighted by molar-refractivity contribution is 5.95. The summed E-state index contributed by atoms with van der Waals surface area (Å²) in [5.41, 5.74) is 6.96. The number of aliphatic hydroxyl groups is 1. The number of carbonyl (C=O) groups excluding carboxylic acids is 1. The average molecular weight is 549 g/mol. The number of halogens is 1. The number of rotatable bonds is 10. The van der Waals surface area contributed by atoms with Gasteiger partial charge in [0, 0.05) is 57.3 Å². The second-order valence-electron chi connectivity index (χ2n) is 9.77. The zero-order valence-corrected chi connectivity index (χ0v) is 24.4. The number of nitrogens with zero attached hydrogens (tertiary/aromatic N) is 5. The van der Waals surface area contributed by atoms with E-state index in [-0.39, 0.29) is 18.3 Å². The van der Waals surface area contributed by atoms with Gasteiger partial charge in [0.1, 0.15) is 5.82 Å². The van der Waals surface area contributed by atoms with Crippen molar-refractivity contribution in [2.75, 3.05) is 52.7 Å². The van der Waals surface area contributed by atoms with Gasteiger partial charge in [-0.2, -0.15) is 0 Å². The van der Waals surface area contributed by atoms with E-state index in [0.29, 0.717) is 18.8 Å². The lowest BCUT2D eigenvalue weighted by molar-refractivity contribution is 0.0779. The Balaban J connectivity index is 0.000000220. The van der Waals surface area contributed by atoms with Crippen molar-refractivity contribution in [3.63, 3.8) is 0 Å². The predicted octanol–water partition coefficient (Wildman–Crippen LogP) is 4.69. The van der Waals surface area contributed by atoms with E-state index in [1.165, 1.54) is 11.6 Å². The maximum atomic E-state index is 13.9. The number of likely N-dealkylation sites (N-methyl/N-ethyl adjacent to an activating group) is 2. The van der Waals surface area contributed by atoms with Crippen LogP contribution >= 0.6 is 0 Å². The van der Waals surface area contributed by atoms with E-state index in [1.54, 1.807) is 30.4 Å². The number of aromatic nitrogens is 3. The minimum absolute atomic E-state index is 0.0579. The summed E-state index contributed by atoms with van der Waals surface area (Å²) in [6.07, 6.45) is 7.14. The van der Waals surface area contributed by atoms with Gasteiger partial charge in [0.25, 0.3) is 5.91 Å². The standard InChI is InChI=1S/C16H26N2O2.C15H15FN4/c1-5-14-6-7-15(13(2)12-14)16(20)18(4)9-8-17(3)10-11-19;1-3-12-15-19-9-14(20(15)7-6-18-12)10-4-5-13(17-2)11(16)8-10/h6-7,12,19H,5,8-11H2,1-4H3;4-9,17H,3H2,1-2H3. The molecule has 0 spiro atoms. The fourth-order valence-corrected chi connectivity index (χ4v) is 4.41. The van der Waals surface area contributed by atoms with Crippen LogP contribution in [0.2, 0.25) is 0 Å². The highest BCUT2D eigenvalue weighted by Crippen LogP contribution is 2.25. The molecule has 0 aliphatic carbocycles. The number of anilines is 1. The first-order chi connectivity index (χ1) is 19.2. The summed E-state index contributed by atoms with van der Waals surface area (Å²) < 4.78 is 15.8. The van der Waals surface area contributed by atoms with Crippen molar-refractivity contribution >= 4 is 17.2 Å². The van der Waals surface area contributed by atoms with Gasteiger partial charge in [-0.1, -0.05) is 32.0 Å². The molecule has 9 heteroatoms. The van der Waals surface area contributed by atoms with E-state index < -0.39 is 0 Å². The number of carbonyl (C=O) groups is 1. The summed E-state index contributed by atoms with van der Waals surface area (Å²) in [6.45, 7) is 8.33. The van der Waals surface area contributed by atoms with Gasteiger partial charge in [-0.15, -0.1) is 0 Å². The topological polar surface area (TPSA) is 86.0 Å². The second-order valence-corrected chi connectivity index (χ2v) is 9.77. The van der Waals surface area contributed by atoms with Crippen molar-refractivity contribution in [2.24, 2.45) is 0 Å². The Hall–Kier alpha value is -3.82. The molecule has 0 atom stereocenters. The molecule has 0 radical (unpaired) electrons. The molecule has 1 amide bonds. The molecule has 4 rings (SSSR count). The molecule has 0 fully saturated rings. The lowest BCUT2D eigenvalue weighted by Crippen LogP contribution is -2.36. The summed E-state index contributed by atoms with van der Waals surface area (Å²) in [5.74, 6) is -0.215. The van der Waals surface area contributed by atoms with Crippen LogP contribution in [0.5, 0.6) is 0 Å². The Morgan fingerprint density at radius 1 is 1.05 bits per heavy atom. The molecule has 0 unspecified atom stereocenters. The Morgan fingerprint density at radius 3 is 2.45 bits per heavy atom. The molecule has 2 aromatic carbocycles. The third-order valence-corrected chi connectivity index (χ3v) is 6.95. The van der Waals surface area contributed by atoms with Gasteiger partial charge in [-0.3, -0.25) is 14.2 Å². The van der Waals surface area contributed by atoms with Crippen molar-refractivity contribution < 1.29 is 14.3 Å². The summed E-state index contributed by atoms with van der Waals surface area (Å²) >= 11 is 0. The highest BCUT2D eigenvalue weighted by Gasteiger charge is 2.15. The molecule has 0 saturated carbocycles. The van der Waals surface area contributed by atoms with E-state index in [0.717, 1.165) is 53.1 Å². The van der Waals surface area contributed by atoms with Crippen molar-refractivity contribution in [2.45, 2.75) is 33.6 Å². The van der Waals surface area contributed by atoms with Crippen molar-refractivity contribution in [1.29, 1.82) is 0 Å². The first-order valence-electron chi connectivity index (χ1n) is 13.7. The van der Waals surface area contributed by atoms with Crippen LogP contribution < -0.4 is 5.32 Å². The summed E-state index contributed by atoms with van der Waals surface area (Å²) in [5, 5.41) is 11.7. The van der Waals surface area contributed by atoms with Crippen LogP contribution in [0.15, 0.2) is 55.0 Å². The zero-order chi connectivity index (χ0) is 29.2. The fraction of sp³-hybridized carbons (Fsp3) is 0.387. The van der Waals surface area contributed by atoms with Crippen LogP contribution in [0.1, 0.15) is 41.0 Å². The first-order valence-corrected chi connectivity index (χ1v) is 13.7. The lowest BCUT2D eigenvalue weighted by Gasteiger charge is -2.22. The second kappa shape index (κ2) is 14.5. The van der Waals surface area contributed by atoms with Gasteiger partial charge >= 0.3 is 0 Å². The molecule has 2 heterocycles. The minimum Gasteiger partial charge on any atom is -0.395 e. The van der Waals surface area contributed by atoms with E-state index in [1.807, 2.05) is 61.6 Å². The third-order valence-electron chi connectivity index (χ3n) is 6.95. The van der Waals surface area contributed by atoms with Gasteiger partial charge in [0.05, 0.1) is 29.9 Å². The van der Waals surface area contributed by atoms with Crippen LogP contribution in [0.4, 0.5) is 10.1 Å². The molecule has 8 nitrogen and oxygen atoms in total. The highest BCUT2D eigenvalue weighted by atomic mass is 19.1. The van der Waals surface area contributed by atoms with E-state index in [2.05, 4.69) is 28.3 Å². The van der Waals surface area contributed by atoms with Crippen molar-refractivity contribution in [1.82, 2.24) is 24.2 Å². The van der Waals surface area contributed by atoms with Crippen molar-refractivity contribution in [3.05, 3.63) is 83.2 Å². The maximum absolute atomic E-state index is 13.9. The van der Waals surface area contributed by atoms with Gasteiger partial charge in [-0.25, -0.2) is 9.37 Å². The molecule has 4 aromatic rings. The molecule has 40 heavy (non-hydrogen) atoms. The molecule has 0 bridgehead atoms. The summed E-state index contributed by atoms with van der Waals surface area (Å²) in [4.78, 5) is 24.9. The molecular formula is C31H41FN6O2. The molecule has 2 aromatic heterocycles. The normalized spacial score (nSPS) is 10.9. The van der Waals surface area contributed by atoms with Gasteiger partial charge < -0.3 is 20.2 Å². The monoisotopic (exact) mass is 548 g/mol. The minimum atomic E-state index is -0.273. The largest absolute Gasteiger partial charge is 0.395 e. The van der Waals surface area contributed by atoms with Crippen molar-refractivity contribution in [3.8, 4) is 11.3 Å². The van der Waals surface area contributed by atoms with Crippen LogP contribution in [0, 0.1) is 12.7 Å². The predicted molar refractivity (Wildman–Crippen MR) is 159 cm³/mol. The third kappa shape index (κ3) is 7.43. The number of imidazole rings is 1. The number of benzene rings is 2. The molecule has 2 N–H and O–H groups in total. The number of hydrogen-bond acceptors (Lipinski definition) is 6. The number of nitrogens with one attached hydrogen (secondary N) is 1. The van der Waals surface area contributed by atoms with Crippen LogP contribution in [-0.4, -0.2) is 82.6 Å². The number of aliphatic hydroxyl groups excluding tert-OH is 1. The first kappa shape index (κ1) is 30.7. The lowest BCUT2D eigenvalue weighted by atomic mass is 10.0. The zero-order valence-electron chi connectivity index (χ0n) is 24.4. The SMILES string of the molecule is CCc1ccc(C(=O)N(C)CCN(C)CCO)c(C)c1.CCc1nccn2c(-c3ccc(NC)c(F)c3)cnc12. The molecule has 0 aliphatic heterocycles. The average Bonchev–Trinajstić information content (AvgIpc) is 3.40.